The molecule has 3 heteroatoms. The maximum absolute atomic E-state index is 12.2. The zero-order valence-corrected chi connectivity index (χ0v) is 11.6. The molecule has 0 N–H and O–H groups in total. The lowest BCUT2D eigenvalue weighted by Crippen LogP contribution is -2.23. The van der Waals surface area contributed by atoms with Crippen molar-refractivity contribution in [3.63, 3.8) is 0 Å². The van der Waals surface area contributed by atoms with Crippen LogP contribution in [-0.2, 0) is 18.3 Å². The third-order valence-corrected chi connectivity index (χ3v) is 4.23. The molecule has 1 aromatic heterocycles. The largest absolute Gasteiger partial charge is 0.299 e. The van der Waals surface area contributed by atoms with E-state index in [9.17, 15) is 4.79 Å². The quantitative estimate of drug-likeness (QED) is 0.802. The number of nitrogens with zero attached hydrogens (tertiary/aromatic N) is 2. The Bertz CT molecular complexity index is 397. The summed E-state index contributed by atoms with van der Waals surface area (Å²) in [5.74, 6) is 1.59. The molecule has 0 spiro atoms. The summed E-state index contributed by atoms with van der Waals surface area (Å²) < 4.78 is 1.80. The van der Waals surface area contributed by atoms with Crippen molar-refractivity contribution in [1.29, 1.82) is 0 Å². The van der Waals surface area contributed by atoms with Crippen LogP contribution in [0.25, 0.3) is 0 Å². The van der Waals surface area contributed by atoms with Crippen LogP contribution >= 0.6 is 0 Å². The molecular weight excluding hydrogens is 224 g/mol. The van der Waals surface area contributed by atoms with Crippen molar-refractivity contribution >= 4 is 5.78 Å². The third-order valence-electron chi connectivity index (χ3n) is 4.23. The summed E-state index contributed by atoms with van der Waals surface area (Å²) in [6.07, 6.45) is 11.4. The Hall–Kier alpha value is -1.12. The normalized spacial score (nSPS) is 24.1. The van der Waals surface area contributed by atoms with Crippen molar-refractivity contribution in [2.24, 2.45) is 18.9 Å². The summed E-state index contributed by atoms with van der Waals surface area (Å²) in [4.78, 5) is 12.2. The van der Waals surface area contributed by atoms with Gasteiger partial charge in [-0.25, -0.2) is 0 Å². The molecule has 0 aromatic carbocycles. The highest BCUT2D eigenvalue weighted by Gasteiger charge is 2.25. The summed E-state index contributed by atoms with van der Waals surface area (Å²) in [5, 5.41) is 4.14. The Labute approximate surface area is 110 Å². The van der Waals surface area contributed by atoms with Gasteiger partial charge in [0.25, 0.3) is 0 Å². The lowest BCUT2D eigenvalue weighted by molar-refractivity contribution is -0.124. The molecule has 2 rings (SSSR count). The van der Waals surface area contributed by atoms with Gasteiger partial charge in [0.05, 0.1) is 6.20 Å². The number of ketones is 1. The van der Waals surface area contributed by atoms with E-state index in [1.165, 1.54) is 24.8 Å². The number of Topliss-reactive ketones (excluding diaryl/α,β-unsaturated/α-hetero) is 1. The first kappa shape index (κ1) is 13.3. The monoisotopic (exact) mass is 248 g/mol. The van der Waals surface area contributed by atoms with Crippen LogP contribution in [0.5, 0.6) is 0 Å². The Morgan fingerprint density at radius 1 is 1.50 bits per heavy atom. The van der Waals surface area contributed by atoms with Gasteiger partial charge in [0.2, 0.25) is 0 Å². The van der Waals surface area contributed by atoms with Gasteiger partial charge < -0.3 is 0 Å². The summed E-state index contributed by atoms with van der Waals surface area (Å²) in [6, 6.07) is 0. The second kappa shape index (κ2) is 6.17. The van der Waals surface area contributed by atoms with Gasteiger partial charge in [-0.15, -0.1) is 0 Å². The predicted molar refractivity (Wildman–Crippen MR) is 72.3 cm³/mol. The van der Waals surface area contributed by atoms with Gasteiger partial charge in [0.15, 0.2) is 0 Å². The molecule has 1 aliphatic rings. The van der Waals surface area contributed by atoms with E-state index in [1.54, 1.807) is 4.68 Å². The molecule has 0 bridgehead atoms. The van der Waals surface area contributed by atoms with Crippen molar-refractivity contribution in [3.05, 3.63) is 18.0 Å². The van der Waals surface area contributed by atoms with E-state index in [1.807, 2.05) is 19.4 Å². The van der Waals surface area contributed by atoms with Gasteiger partial charge in [-0.1, -0.05) is 26.2 Å². The Morgan fingerprint density at radius 2 is 2.33 bits per heavy atom. The van der Waals surface area contributed by atoms with Crippen LogP contribution in [0.3, 0.4) is 0 Å². The molecule has 100 valence electrons. The number of hydrogen-bond donors (Lipinski definition) is 0. The molecule has 1 aliphatic carbocycles. The van der Waals surface area contributed by atoms with E-state index in [4.69, 9.17) is 0 Å². The molecule has 0 aliphatic heterocycles. The maximum atomic E-state index is 12.2. The van der Waals surface area contributed by atoms with E-state index in [-0.39, 0.29) is 0 Å². The molecule has 0 amide bonds. The van der Waals surface area contributed by atoms with Gasteiger partial charge in [-0.2, -0.15) is 5.10 Å². The lowest BCUT2D eigenvalue weighted by Gasteiger charge is -2.27. The fraction of sp³-hybridized carbons (Fsp3) is 0.733. The summed E-state index contributed by atoms with van der Waals surface area (Å²) in [7, 11) is 1.91. The summed E-state index contributed by atoms with van der Waals surface area (Å²) in [6.45, 7) is 2.24. The van der Waals surface area contributed by atoms with Gasteiger partial charge in [0.1, 0.15) is 5.78 Å². The van der Waals surface area contributed by atoms with Crippen LogP contribution in [0.4, 0.5) is 0 Å². The van der Waals surface area contributed by atoms with Crippen molar-refractivity contribution in [2.75, 3.05) is 0 Å². The number of hydrogen-bond acceptors (Lipinski definition) is 2. The van der Waals surface area contributed by atoms with Gasteiger partial charge in [-0.05, 0) is 30.7 Å². The Kier molecular flexibility index (Phi) is 4.56. The van der Waals surface area contributed by atoms with Crippen molar-refractivity contribution in [3.8, 4) is 0 Å². The van der Waals surface area contributed by atoms with E-state index < -0.39 is 0 Å². The SMILES string of the molecule is CCC1CCCC(C(=O)CCc2cnn(C)c2)C1. The lowest BCUT2D eigenvalue weighted by atomic mass is 9.77. The zero-order valence-electron chi connectivity index (χ0n) is 11.6. The first-order chi connectivity index (χ1) is 8.69. The highest BCUT2D eigenvalue weighted by Crippen LogP contribution is 2.32. The second-order valence-electron chi connectivity index (χ2n) is 5.63. The second-order valence-corrected chi connectivity index (χ2v) is 5.63. The minimum absolute atomic E-state index is 0.334. The Morgan fingerprint density at radius 3 is 3.00 bits per heavy atom. The first-order valence-electron chi connectivity index (χ1n) is 7.19. The molecule has 1 aromatic rings. The van der Waals surface area contributed by atoms with Crippen LogP contribution in [0.15, 0.2) is 12.4 Å². The fourth-order valence-electron chi connectivity index (χ4n) is 3.03. The highest BCUT2D eigenvalue weighted by molar-refractivity contribution is 5.81. The van der Waals surface area contributed by atoms with Crippen LogP contribution in [0, 0.1) is 11.8 Å². The molecule has 0 saturated heterocycles. The fourth-order valence-corrected chi connectivity index (χ4v) is 3.03. The van der Waals surface area contributed by atoms with Gasteiger partial charge in [-0.3, -0.25) is 9.48 Å². The average Bonchev–Trinajstić information content (AvgIpc) is 2.82. The first-order valence-corrected chi connectivity index (χ1v) is 7.19. The number of rotatable bonds is 5. The van der Waals surface area contributed by atoms with E-state index in [0.29, 0.717) is 18.1 Å². The van der Waals surface area contributed by atoms with Crippen molar-refractivity contribution in [2.45, 2.75) is 51.9 Å². The minimum atomic E-state index is 0.334. The highest BCUT2D eigenvalue weighted by atomic mass is 16.1. The molecule has 2 atom stereocenters. The standard InChI is InChI=1S/C15H24N2O/c1-3-12-5-4-6-14(9-12)15(18)8-7-13-10-16-17(2)11-13/h10-12,14H,3-9H2,1-2H3. The number of carbonyl (C=O) groups excluding carboxylic acids is 1. The van der Waals surface area contributed by atoms with Crippen LogP contribution in [-0.4, -0.2) is 15.6 Å². The molecular formula is C15H24N2O. The van der Waals surface area contributed by atoms with E-state index >= 15 is 0 Å². The Balaban J connectivity index is 1.80. The van der Waals surface area contributed by atoms with E-state index in [0.717, 1.165) is 25.2 Å². The van der Waals surface area contributed by atoms with Crippen LogP contribution < -0.4 is 0 Å². The zero-order chi connectivity index (χ0) is 13.0. The maximum Gasteiger partial charge on any atom is 0.136 e. The molecule has 18 heavy (non-hydrogen) atoms. The number of carbonyl (C=O) groups is 1. The van der Waals surface area contributed by atoms with E-state index in [2.05, 4.69) is 12.0 Å². The smallest absolute Gasteiger partial charge is 0.136 e. The van der Waals surface area contributed by atoms with Crippen LogP contribution in [0.1, 0.15) is 51.0 Å². The molecule has 1 saturated carbocycles. The molecule has 1 heterocycles. The summed E-state index contributed by atoms with van der Waals surface area (Å²) >= 11 is 0. The predicted octanol–water partition coefficient (Wildman–Crippen LogP) is 3.14. The molecule has 2 unspecified atom stereocenters. The minimum Gasteiger partial charge on any atom is -0.299 e. The molecule has 3 nitrogen and oxygen atoms in total. The molecule has 0 radical (unpaired) electrons. The number of aryl methyl sites for hydroxylation is 2. The molecule has 1 fully saturated rings. The summed E-state index contributed by atoms with van der Waals surface area (Å²) in [5.41, 5.74) is 1.17. The third kappa shape index (κ3) is 3.44. The van der Waals surface area contributed by atoms with Gasteiger partial charge in [0, 0.05) is 25.6 Å². The van der Waals surface area contributed by atoms with Crippen LogP contribution in [0.2, 0.25) is 0 Å². The van der Waals surface area contributed by atoms with Gasteiger partial charge >= 0.3 is 0 Å². The number of aromatic nitrogens is 2. The van der Waals surface area contributed by atoms with Crippen molar-refractivity contribution < 1.29 is 4.79 Å². The topological polar surface area (TPSA) is 34.9 Å². The van der Waals surface area contributed by atoms with Crippen molar-refractivity contribution in [1.82, 2.24) is 9.78 Å². The average molecular weight is 248 g/mol.